The van der Waals surface area contributed by atoms with Crippen LogP contribution in [0.2, 0.25) is 0 Å². The number of ether oxygens (including phenoxy) is 4. The first-order valence-electron chi connectivity index (χ1n) is 37.1. The first-order chi connectivity index (χ1) is 46.7. The Morgan fingerprint density at radius 1 is 0.312 bits per heavy atom. The number of phosphoric acid groups is 2. The van der Waals surface area contributed by atoms with Gasteiger partial charge in [-0.2, -0.15) is 0 Å². The number of phosphoric ester groups is 2. The molecule has 0 heterocycles. The Labute approximate surface area is 581 Å². The van der Waals surface area contributed by atoms with Crippen LogP contribution in [0.1, 0.15) is 297 Å². The Morgan fingerprint density at radius 2 is 0.583 bits per heavy atom. The van der Waals surface area contributed by atoms with Gasteiger partial charge in [0.1, 0.15) is 19.3 Å². The van der Waals surface area contributed by atoms with E-state index in [1.54, 1.807) is 6.08 Å². The quantitative estimate of drug-likeness (QED) is 0.0169. The zero-order chi connectivity index (χ0) is 70.4. The van der Waals surface area contributed by atoms with Crippen molar-refractivity contribution in [2.75, 3.05) is 39.6 Å². The lowest BCUT2D eigenvalue weighted by Gasteiger charge is -2.21. The third kappa shape index (κ3) is 68.3. The second-order valence-corrected chi connectivity index (χ2v) is 27.4. The number of aliphatic hydroxyl groups excluding tert-OH is 1. The van der Waals surface area contributed by atoms with Gasteiger partial charge < -0.3 is 33.8 Å². The molecule has 96 heavy (non-hydrogen) atoms. The second kappa shape index (κ2) is 69.2. The molecule has 0 aromatic carbocycles. The molecule has 0 aromatic rings. The van der Waals surface area contributed by atoms with Crippen LogP contribution in [0.5, 0.6) is 0 Å². The zero-order valence-corrected chi connectivity index (χ0v) is 61.8. The maximum Gasteiger partial charge on any atom is 0.472 e. The van der Waals surface area contributed by atoms with Gasteiger partial charge in [-0.3, -0.25) is 37.3 Å². The smallest absolute Gasteiger partial charge is 0.462 e. The highest BCUT2D eigenvalue weighted by Gasteiger charge is 2.30. The van der Waals surface area contributed by atoms with Crippen molar-refractivity contribution in [2.24, 2.45) is 0 Å². The van der Waals surface area contributed by atoms with Gasteiger partial charge in [0.05, 0.1) is 32.8 Å². The lowest BCUT2D eigenvalue weighted by molar-refractivity contribution is -0.161. The number of esters is 4. The van der Waals surface area contributed by atoms with Crippen LogP contribution in [-0.2, 0) is 65.4 Å². The van der Waals surface area contributed by atoms with Crippen molar-refractivity contribution in [3.8, 4) is 0 Å². The highest BCUT2D eigenvalue weighted by Crippen LogP contribution is 2.45. The Hall–Kier alpha value is -4.28. The number of carbonyl (C=O) groups excluding carboxylic acids is 4. The van der Waals surface area contributed by atoms with Crippen LogP contribution in [0.3, 0.4) is 0 Å². The lowest BCUT2D eigenvalue weighted by Crippen LogP contribution is -2.30. The van der Waals surface area contributed by atoms with Gasteiger partial charge in [-0.1, -0.05) is 291 Å². The largest absolute Gasteiger partial charge is 0.472 e. The molecule has 17 nitrogen and oxygen atoms in total. The van der Waals surface area contributed by atoms with Gasteiger partial charge in [0.25, 0.3) is 0 Å². The molecule has 0 aliphatic heterocycles. The molecule has 0 saturated carbocycles. The van der Waals surface area contributed by atoms with Crippen LogP contribution in [0.25, 0.3) is 0 Å². The fraction of sp³-hybridized carbons (Fsp3) is 0.714. The summed E-state index contributed by atoms with van der Waals surface area (Å²) in [6.07, 6.45) is 72.7. The van der Waals surface area contributed by atoms with Gasteiger partial charge >= 0.3 is 39.5 Å². The van der Waals surface area contributed by atoms with E-state index >= 15 is 0 Å². The molecule has 5 atom stereocenters. The highest BCUT2D eigenvalue weighted by molar-refractivity contribution is 7.47. The molecule has 0 amide bonds. The normalized spacial score (nSPS) is 14.6. The fourth-order valence-electron chi connectivity index (χ4n) is 9.70. The summed E-state index contributed by atoms with van der Waals surface area (Å²) in [6.45, 7) is 4.50. The standard InChI is InChI=1S/C77H132O17P2/c1-5-9-13-17-21-25-29-31-33-34-35-36-38-40-44-46-50-54-58-62-75(80)88-68-73(94-77(82)64-60-56-52-48-42-28-24-20-16-12-8-4)70-92-96(85,86)90-66-71(78)65-89-95(83,84)91-69-72(93-76(81)63-59-55-51-47-41-27-23-19-15-11-7-3)67-87-74(79)61-57-53-49-45-43-39-37-32-30-26-22-18-14-10-6-2/h9-10,13-14,21-22,25-26,31-33,35-37,43,45,53,57,71-73,78H,5-8,11-12,15-20,23-24,27-30,34,38-42,44,46-52,54-56,58-70H2,1-4H3,(H,83,84)(H,85,86)/b13-9-,14-10-,25-21-,26-22-,33-31-,36-35-,37-32-,45-43-,57-53-. The average Bonchev–Trinajstić information content (AvgIpc) is 1.56. The molecule has 5 unspecified atom stereocenters. The van der Waals surface area contributed by atoms with E-state index in [9.17, 15) is 43.2 Å². The Balaban J connectivity index is 5.34. The van der Waals surface area contributed by atoms with Crippen LogP contribution in [0, 0.1) is 0 Å². The van der Waals surface area contributed by atoms with Crippen molar-refractivity contribution < 1.29 is 80.2 Å². The molecule has 0 rings (SSSR count). The minimum absolute atomic E-state index is 0.0692. The summed E-state index contributed by atoms with van der Waals surface area (Å²) < 4.78 is 68.2. The number of hydrogen-bond donors (Lipinski definition) is 3. The molecule has 19 heteroatoms. The van der Waals surface area contributed by atoms with Gasteiger partial charge in [0.2, 0.25) is 0 Å². The Morgan fingerprint density at radius 3 is 0.927 bits per heavy atom. The van der Waals surface area contributed by atoms with Gasteiger partial charge in [0, 0.05) is 19.3 Å². The minimum atomic E-state index is -4.99. The molecule has 3 N–H and O–H groups in total. The Bertz CT molecular complexity index is 2250. The summed E-state index contributed by atoms with van der Waals surface area (Å²) in [5.74, 6) is -2.33. The number of unbranched alkanes of at least 4 members (excludes halogenated alkanes) is 26. The van der Waals surface area contributed by atoms with Gasteiger partial charge in [0.15, 0.2) is 12.2 Å². The molecule has 0 saturated heterocycles. The summed E-state index contributed by atoms with van der Waals surface area (Å²) >= 11 is 0. The van der Waals surface area contributed by atoms with Crippen molar-refractivity contribution in [2.45, 2.75) is 316 Å². The molecule has 0 spiro atoms. The number of rotatable bonds is 69. The number of allylic oxidation sites excluding steroid dienone is 17. The molecular formula is C77H132O17P2. The first-order valence-corrected chi connectivity index (χ1v) is 40.1. The van der Waals surface area contributed by atoms with E-state index < -0.39 is 97.5 Å². The monoisotopic (exact) mass is 1390 g/mol. The van der Waals surface area contributed by atoms with Gasteiger partial charge in [-0.05, 0) is 89.9 Å². The van der Waals surface area contributed by atoms with Crippen molar-refractivity contribution in [3.05, 3.63) is 109 Å². The van der Waals surface area contributed by atoms with Crippen LogP contribution in [0.4, 0.5) is 0 Å². The minimum Gasteiger partial charge on any atom is -0.462 e. The zero-order valence-electron chi connectivity index (χ0n) is 60.0. The van der Waals surface area contributed by atoms with E-state index in [0.717, 1.165) is 141 Å². The summed E-state index contributed by atoms with van der Waals surface area (Å²) in [5, 5.41) is 10.6. The van der Waals surface area contributed by atoms with Crippen LogP contribution in [-0.4, -0.2) is 96.7 Å². The van der Waals surface area contributed by atoms with Crippen LogP contribution < -0.4 is 0 Å². The SMILES string of the molecule is CC/C=C\C/C=C\C/C=C\C/C=C\C/C=C\CC(=O)OCC(COP(=O)(O)OCC(O)COP(=O)(O)OCC(COC(=O)CCCCCCCC/C=C\C/C=C\C/C=C\C/C=C\CC)OC(=O)CCCCCCCCCCCCC)OC(=O)CCCCCCCCCCCCC. The van der Waals surface area contributed by atoms with E-state index in [2.05, 4.69) is 113 Å². The molecule has 0 aliphatic carbocycles. The first kappa shape index (κ1) is 91.7. The average molecular weight is 1390 g/mol. The highest BCUT2D eigenvalue weighted by atomic mass is 31.2. The topological polar surface area (TPSA) is 237 Å². The van der Waals surface area contributed by atoms with Crippen molar-refractivity contribution in [3.63, 3.8) is 0 Å². The van der Waals surface area contributed by atoms with E-state index in [-0.39, 0.29) is 25.7 Å². The van der Waals surface area contributed by atoms with E-state index in [4.69, 9.17) is 37.0 Å². The van der Waals surface area contributed by atoms with Gasteiger partial charge in [-0.15, -0.1) is 0 Å². The maximum atomic E-state index is 13.0. The molecule has 552 valence electrons. The summed E-state index contributed by atoms with van der Waals surface area (Å²) in [7, 11) is -9.96. The summed E-state index contributed by atoms with van der Waals surface area (Å²) in [6, 6.07) is 0. The maximum absolute atomic E-state index is 13.0. The number of aliphatic hydroxyl groups is 1. The Kier molecular flexibility index (Phi) is 66.1. The van der Waals surface area contributed by atoms with Crippen LogP contribution >= 0.6 is 15.6 Å². The molecular weight excluding hydrogens is 1260 g/mol. The third-order valence-corrected chi connectivity index (χ3v) is 17.2. The molecule has 0 radical (unpaired) electrons. The second-order valence-electron chi connectivity index (χ2n) is 24.5. The molecule has 0 bridgehead atoms. The fourth-order valence-corrected chi connectivity index (χ4v) is 11.3. The molecule has 0 aromatic heterocycles. The number of carbonyl (C=O) groups is 4. The van der Waals surface area contributed by atoms with Crippen molar-refractivity contribution in [1.29, 1.82) is 0 Å². The van der Waals surface area contributed by atoms with Crippen LogP contribution in [0.15, 0.2) is 109 Å². The predicted molar refractivity (Wildman–Crippen MR) is 390 cm³/mol. The van der Waals surface area contributed by atoms with Crippen molar-refractivity contribution >= 4 is 39.5 Å². The van der Waals surface area contributed by atoms with Crippen molar-refractivity contribution in [1.82, 2.24) is 0 Å². The third-order valence-electron chi connectivity index (χ3n) is 15.3. The summed E-state index contributed by atoms with van der Waals surface area (Å²) in [4.78, 5) is 72.6. The van der Waals surface area contributed by atoms with E-state index in [0.29, 0.717) is 25.7 Å². The van der Waals surface area contributed by atoms with Gasteiger partial charge in [-0.25, -0.2) is 9.13 Å². The van der Waals surface area contributed by atoms with E-state index in [1.165, 1.54) is 77.0 Å². The summed E-state index contributed by atoms with van der Waals surface area (Å²) in [5.41, 5.74) is 0. The molecule has 0 aliphatic rings. The van der Waals surface area contributed by atoms with E-state index in [1.807, 2.05) is 18.2 Å². The lowest BCUT2D eigenvalue weighted by atomic mass is 10.1. The molecule has 0 fully saturated rings. The number of hydrogen-bond acceptors (Lipinski definition) is 15. The predicted octanol–water partition coefficient (Wildman–Crippen LogP) is 21.0.